The Hall–Kier alpha value is -1.59. The summed E-state index contributed by atoms with van der Waals surface area (Å²) < 4.78 is 0. The molecule has 23 heavy (non-hydrogen) atoms. The summed E-state index contributed by atoms with van der Waals surface area (Å²) in [5.74, 6) is 0. The van der Waals surface area contributed by atoms with E-state index in [4.69, 9.17) is 0 Å². The lowest BCUT2D eigenvalue weighted by Gasteiger charge is -2.36. The molecule has 3 rings (SSSR count). The second-order valence-electron chi connectivity index (χ2n) is 6.78. The number of rotatable bonds is 3. The van der Waals surface area contributed by atoms with Gasteiger partial charge in [-0.15, -0.1) is 0 Å². The van der Waals surface area contributed by atoms with Crippen molar-refractivity contribution in [1.29, 1.82) is 0 Å². The van der Waals surface area contributed by atoms with Crippen molar-refractivity contribution in [3.8, 4) is 0 Å². The number of likely N-dealkylation sites (tertiary alicyclic amines) is 1. The number of piperazine rings is 1. The van der Waals surface area contributed by atoms with Gasteiger partial charge >= 0.3 is 6.03 Å². The average molecular weight is 316 g/mol. The maximum absolute atomic E-state index is 12.4. The first-order valence-electron chi connectivity index (χ1n) is 8.71. The third kappa shape index (κ3) is 4.69. The average Bonchev–Trinajstić information content (AvgIpc) is 2.58. The van der Waals surface area contributed by atoms with Gasteiger partial charge in [0.15, 0.2) is 0 Å². The number of benzene rings is 1. The topological polar surface area (TPSA) is 38.8 Å². The molecule has 2 saturated heterocycles. The van der Waals surface area contributed by atoms with E-state index in [0.717, 1.165) is 58.7 Å². The van der Waals surface area contributed by atoms with Gasteiger partial charge in [0.25, 0.3) is 0 Å². The first kappa shape index (κ1) is 16.3. The molecule has 0 bridgehead atoms. The molecular weight excluding hydrogens is 288 g/mol. The van der Waals surface area contributed by atoms with Crippen molar-refractivity contribution in [3.63, 3.8) is 0 Å². The molecule has 0 aliphatic carbocycles. The molecule has 126 valence electrons. The van der Waals surface area contributed by atoms with Gasteiger partial charge in [-0.1, -0.05) is 30.3 Å². The van der Waals surface area contributed by atoms with Crippen LogP contribution in [0, 0.1) is 0 Å². The van der Waals surface area contributed by atoms with Crippen LogP contribution in [-0.4, -0.2) is 73.1 Å². The van der Waals surface area contributed by atoms with Crippen LogP contribution < -0.4 is 5.32 Å². The summed E-state index contributed by atoms with van der Waals surface area (Å²) in [5.41, 5.74) is 1.34. The van der Waals surface area contributed by atoms with E-state index >= 15 is 0 Å². The molecule has 2 fully saturated rings. The molecular formula is C18H28N4O. The van der Waals surface area contributed by atoms with E-state index in [9.17, 15) is 4.79 Å². The zero-order valence-corrected chi connectivity index (χ0v) is 14.1. The van der Waals surface area contributed by atoms with E-state index < -0.39 is 0 Å². The summed E-state index contributed by atoms with van der Waals surface area (Å²) in [6.07, 6.45) is 2.13. The number of nitrogens with one attached hydrogen (secondary N) is 1. The highest BCUT2D eigenvalue weighted by molar-refractivity contribution is 5.74. The molecule has 0 saturated carbocycles. The molecule has 0 spiro atoms. The highest BCUT2D eigenvalue weighted by atomic mass is 16.2. The van der Waals surface area contributed by atoms with Gasteiger partial charge in [-0.05, 0) is 38.5 Å². The van der Waals surface area contributed by atoms with Crippen molar-refractivity contribution in [2.75, 3.05) is 46.3 Å². The number of urea groups is 1. The van der Waals surface area contributed by atoms with Crippen molar-refractivity contribution in [2.24, 2.45) is 0 Å². The van der Waals surface area contributed by atoms with E-state index in [-0.39, 0.29) is 6.03 Å². The SMILES string of the molecule is CN1CCC(NC(=O)N2CCN(Cc3ccccc3)CC2)CC1. The number of amides is 2. The molecule has 5 heteroatoms. The van der Waals surface area contributed by atoms with Gasteiger partial charge in [0.1, 0.15) is 0 Å². The molecule has 0 radical (unpaired) electrons. The molecule has 2 amide bonds. The highest BCUT2D eigenvalue weighted by Gasteiger charge is 2.24. The summed E-state index contributed by atoms with van der Waals surface area (Å²) in [6, 6.07) is 11.0. The quantitative estimate of drug-likeness (QED) is 0.921. The first-order chi connectivity index (χ1) is 11.2. The summed E-state index contributed by atoms with van der Waals surface area (Å²) in [7, 11) is 2.14. The van der Waals surface area contributed by atoms with Crippen molar-refractivity contribution >= 4 is 6.03 Å². The van der Waals surface area contributed by atoms with E-state index in [1.807, 2.05) is 4.90 Å². The van der Waals surface area contributed by atoms with Crippen LogP contribution in [0.5, 0.6) is 0 Å². The fourth-order valence-corrected chi connectivity index (χ4v) is 3.37. The number of nitrogens with zero attached hydrogens (tertiary/aromatic N) is 3. The standard InChI is InChI=1S/C18H28N4O/c1-20-9-7-17(8-10-20)19-18(23)22-13-11-21(12-14-22)15-16-5-3-2-4-6-16/h2-6,17H,7-15H2,1H3,(H,19,23). The van der Waals surface area contributed by atoms with Gasteiger partial charge in [0.2, 0.25) is 0 Å². The van der Waals surface area contributed by atoms with Crippen LogP contribution in [-0.2, 0) is 6.54 Å². The van der Waals surface area contributed by atoms with Crippen molar-refractivity contribution < 1.29 is 4.79 Å². The third-order valence-electron chi connectivity index (χ3n) is 4.95. The van der Waals surface area contributed by atoms with Crippen molar-refractivity contribution in [1.82, 2.24) is 20.0 Å². The minimum Gasteiger partial charge on any atom is -0.335 e. The van der Waals surface area contributed by atoms with Crippen LogP contribution in [0.3, 0.4) is 0 Å². The summed E-state index contributed by atoms with van der Waals surface area (Å²) >= 11 is 0. The van der Waals surface area contributed by atoms with Gasteiger partial charge in [-0.25, -0.2) is 4.79 Å². The van der Waals surface area contributed by atoms with E-state index in [0.29, 0.717) is 6.04 Å². The van der Waals surface area contributed by atoms with Crippen LogP contribution in [0.4, 0.5) is 4.79 Å². The molecule has 1 N–H and O–H groups in total. The third-order valence-corrected chi connectivity index (χ3v) is 4.95. The van der Waals surface area contributed by atoms with Gasteiger partial charge in [-0.3, -0.25) is 4.90 Å². The molecule has 0 atom stereocenters. The second kappa shape index (κ2) is 7.79. The Morgan fingerprint density at radius 2 is 1.70 bits per heavy atom. The predicted molar refractivity (Wildman–Crippen MR) is 92.3 cm³/mol. The Morgan fingerprint density at radius 3 is 2.35 bits per heavy atom. The monoisotopic (exact) mass is 316 g/mol. The minimum absolute atomic E-state index is 0.124. The van der Waals surface area contributed by atoms with Gasteiger partial charge in [0.05, 0.1) is 0 Å². The highest BCUT2D eigenvalue weighted by Crippen LogP contribution is 2.11. The zero-order chi connectivity index (χ0) is 16.1. The number of piperidine rings is 1. The van der Waals surface area contributed by atoms with Crippen LogP contribution in [0.2, 0.25) is 0 Å². The van der Waals surface area contributed by atoms with E-state index in [1.165, 1.54) is 5.56 Å². The van der Waals surface area contributed by atoms with Crippen LogP contribution in [0.15, 0.2) is 30.3 Å². The van der Waals surface area contributed by atoms with Gasteiger partial charge in [-0.2, -0.15) is 0 Å². The molecule has 0 unspecified atom stereocenters. The Kier molecular flexibility index (Phi) is 5.51. The molecule has 2 aliphatic heterocycles. The Labute approximate surface area is 139 Å². The Bertz CT molecular complexity index is 491. The number of hydrogen-bond acceptors (Lipinski definition) is 3. The lowest BCUT2D eigenvalue weighted by Crippen LogP contribution is -2.54. The fourth-order valence-electron chi connectivity index (χ4n) is 3.37. The Morgan fingerprint density at radius 1 is 1.04 bits per heavy atom. The van der Waals surface area contributed by atoms with Gasteiger partial charge < -0.3 is 15.1 Å². The Balaban J connectivity index is 1.40. The molecule has 5 nitrogen and oxygen atoms in total. The molecule has 2 aliphatic rings. The van der Waals surface area contributed by atoms with Crippen molar-refractivity contribution in [2.45, 2.75) is 25.4 Å². The fraction of sp³-hybridized carbons (Fsp3) is 0.611. The maximum Gasteiger partial charge on any atom is 0.317 e. The molecule has 0 aromatic heterocycles. The minimum atomic E-state index is 0.124. The maximum atomic E-state index is 12.4. The second-order valence-corrected chi connectivity index (χ2v) is 6.78. The summed E-state index contributed by atoms with van der Waals surface area (Å²) in [4.78, 5) is 19.1. The predicted octanol–water partition coefficient (Wildman–Crippen LogP) is 1.61. The zero-order valence-electron chi connectivity index (χ0n) is 14.1. The van der Waals surface area contributed by atoms with E-state index in [2.05, 4.69) is 52.5 Å². The summed E-state index contributed by atoms with van der Waals surface area (Å²) in [6.45, 7) is 6.69. The van der Waals surface area contributed by atoms with Crippen LogP contribution in [0.25, 0.3) is 0 Å². The lowest BCUT2D eigenvalue weighted by molar-refractivity contribution is 0.129. The normalized spacial score (nSPS) is 21.3. The molecule has 2 heterocycles. The molecule has 1 aromatic rings. The van der Waals surface area contributed by atoms with Crippen LogP contribution >= 0.6 is 0 Å². The molecule has 1 aromatic carbocycles. The van der Waals surface area contributed by atoms with Gasteiger partial charge in [0, 0.05) is 38.8 Å². The summed E-state index contributed by atoms with van der Waals surface area (Å²) in [5, 5.41) is 3.22. The smallest absolute Gasteiger partial charge is 0.317 e. The van der Waals surface area contributed by atoms with E-state index in [1.54, 1.807) is 0 Å². The van der Waals surface area contributed by atoms with Crippen molar-refractivity contribution in [3.05, 3.63) is 35.9 Å². The number of carbonyl (C=O) groups excluding carboxylic acids is 1. The number of hydrogen-bond donors (Lipinski definition) is 1. The van der Waals surface area contributed by atoms with Crippen LogP contribution in [0.1, 0.15) is 18.4 Å². The largest absolute Gasteiger partial charge is 0.335 e. The number of carbonyl (C=O) groups is 1. The first-order valence-corrected chi connectivity index (χ1v) is 8.71. The lowest BCUT2D eigenvalue weighted by atomic mass is 10.1.